The predicted octanol–water partition coefficient (Wildman–Crippen LogP) is 2.78. The number of benzene rings is 1. The fraction of sp³-hybridized carbons (Fsp3) is 0.364. The summed E-state index contributed by atoms with van der Waals surface area (Å²) in [6, 6.07) is 7.36. The molecule has 0 aliphatic carbocycles. The molecule has 0 spiro atoms. The number of amides is 1. The maximum atomic E-state index is 11.4. The second kappa shape index (κ2) is 6.85. The van der Waals surface area contributed by atoms with E-state index in [-0.39, 0.29) is 5.91 Å². The molecule has 0 aliphatic heterocycles. The van der Waals surface area contributed by atoms with Crippen molar-refractivity contribution >= 4 is 33.4 Å². The summed E-state index contributed by atoms with van der Waals surface area (Å²) in [7, 11) is 0. The van der Waals surface area contributed by atoms with E-state index in [9.17, 15) is 4.79 Å². The van der Waals surface area contributed by atoms with Crippen molar-refractivity contribution in [3.63, 3.8) is 0 Å². The van der Waals surface area contributed by atoms with E-state index < -0.39 is 0 Å². The smallest absolute Gasteiger partial charge is 0.224 e. The molecule has 0 heterocycles. The first-order chi connectivity index (χ1) is 7.22. The lowest BCUT2D eigenvalue weighted by Gasteiger charge is -2.04. The Balaban J connectivity index is 2.37. The maximum absolute atomic E-state index is 11.4. The normalized spacial score (nSPS) is 10.0. The molecule has 0 bridgehead atoms. The van der Waals surface area contributed by atoms with Gasteiger partial charge in [0.1, 0.15) is 0 Å². The van der Waals surface area contributed by atoms with Crippen LogP contribution in [0.5, 0.6) is 0 Å². The second-order valence-electron chi connectivity index (χ2n) is 3.20. The van der Waals surface area contributed by atoms with Crippen LogP contribution in [0.15, 0.2) is 24.3 Å². The van der Waals surface area contributed by atoms with Crippen LogP contribution in [0.25, 0.3) is 0 Å². The van der Waals surface area contributed by atoms with Gasteiger partial charge in [0.25, 0.3) is 0 Å². The number of halogens is 2. The molecule has 0 atom stereocenters. The predicted molar refractivity (Wildman–Crippen MR) is 66.6 cm³/mol. The van der Waals surface area contributed by atoms with E-state index in [0.717, 1.165) is 17.3 Å². The van der Waals surface area contributed by atoms with Crippen LogP contribution in [0.3, 0.4) is 0 Å². The van der Waals surface area contributed by atoms with Gasteiger partial charge in [0.05, 0.1) is 6.42 Å². The molecule has 1 rings (SSSR count). The van der Waals surface area contributed by atoms with Crippen molar-refractivity contribution in [2.75, 3.05) is 11.9 Å². The Kier molecular flexibility index (Phi) is 5.73. The Bertz CT molecular complexity index is 330. The Morgan fingerprint density at radius 1 is 1.47 bits per heavy atom. The minimum atomic E-state index is 0.0400. The fourth-order valence-electron chi connectivity index (χ4n) is 1.19. The molecule has 15 heavy (non-hydrogen) atoms. The molecule has 2 nitrogen and oxygen atoms in total. The molecular weight excluding hydrogens is 277 g/mol. The van der Waals surface area contributed by atoms with Gasteiger partial charge in [-0.2, -0.15) is 0 Å². The van der Waals surface area contributed by atoms with Crippen LogP contribution in [0, 0.1) is 0 Å². The minimum absolute atomic E-state index is 0.0400. The molecule has 1 aromatic carbocycles. The van der Waals surface area contributed by atoms with Crippen LogP contribution in [0.2, 0.25) is 5.02 Å². The lowest BCUT2D eigenvalue weighted by atomic mass is 10.1. The average molecular weight is 291 g/mol. The van der Waals surface area contributed by atoms with E-state index in [4.69, 9.17) is 11.6 Å². The van der Waals surface area contributed by atoms with E-state index in [1.54, 1.807) is 6.07 Å². The molecule has 82 valence electrons. The van der Waals surface area contributed by atoms with Crippen molar-refractivity contribution in [1.82, 2.24) is 5.32 Å². The quantitative estimate of drug-likeness (QED) is 0.656. The van der Waals surface area contributed by atoms with Gasteiger partial charge in [0.2, 0.25) is 5.91 Å². The number of carbonyl (C=O) groups excluding carboxylic acids is 1. The van der Waals surface area contributed by atoms with Crippen LogP contribution in [-0.2, 0) is 11.2 Å². The van der Waals surface area contributed by atoms with Crippen molar-refractivity contribution in [2.24, 2.45) is 0 Å². The summed E-state index contributed by atoms with van der Waals surface area (Å²) in [6.45, 7) is 0.713. The lowest BCUT2D eigenvalue weighted by Crippen LogP contribution is -2.26. The third-order valence-electron chi connectivity index (χ3n) is 1.89. The second-order valence-corrected chi connectivity index (χ2v) is 4.43. The molecule has 0 aliphatic rings. The Labute approximate surface area is 103 Å². The number of rotatable bonds is 5. The first-order valence-electron chi connectivity index (χ1n) is 4.79. The molecule has 1 N–H and O–H groups in total. The average Bonchev–Trinajstić information content (AvgIpc) is 2.18. The maximum Gasteiger partial charge on any atom is 0.224 e. The molecule has 4 heteroatoms. The van der Waals surface area contributed by atoms with Crippen LogP contribution in [0.4, 0.5) is 0 Å². The van der Waals surface area contributed by atoms with E-state index >= 15 is 0 Å². The molecule has 0 saturated heterocycles. The molecule has 0 saturated carbocycles. The highest BCUT2D eigenvalue weighted by molar-refractivity contribution is 9.09. The minimum Gasteiger partial charge on any atom is -0.356 e. The summed E-state index contributed by atoms with van der Waals surface area (Å²) in [6.07, 6.45) is 1.34. The molecular formula is C11H13BrClNO. The zero-order valence-corrected chi connectivity index (χ0v) is 10.6. The van der Waals surface area contributed by atoms with Gasteiger partial charge in [0.15, 0.2) is 0 Å². The van der Waals surface area contributed by atoms with Gasteiger partial charge in [-0.3, -0.25) is 4.79 Å². The van der Waals surface area contributed by atoms with Crippen molar-refractivity contribution in [3.8, 4) is 0 Å². The Morgan fingerprint density at radius 2 is 2.27 bits per heavy atom. The van der Waals surface area contributed by atoms with E-state index in [1.165, 1.54) is 0 Å². The lowest BCUT2D eigenvalue weighted by molar-refractivity contribution is -0.120. The van der Waals surface area contributed by atoms with E-state index in [1.807, 2.05) is 18.2 Å². The molecule has 1 aromatic rings. The van der Waals surface area contributed by atoms with Gasteiger partial charge in [-0.1, -0.05) is 39.7 Å². The van der Waals surface area contributed by atoms with Crippen LogP contribution < -0.4 is 5.32 Å². The highest BCUT2D eigenvalue weighted by Gasteiger charge is 2.02. The monoisotopic (exact) mass is 289 g/mol. The van der Waals surface area contributed by atoms with Gasteiger partial charge in [-0.15, -0.1) is 0 Å². The molecule has 0 unspecified atom stereocenters. The SMILES string of the molecule is O=C(Cc1cccc(Cl)c1)NCCCBr. The summed E-state index contributed by atoms with van der Waals surface area (Å²) < 4.78 is 0. The van der Waals surface area contributed by atoms with Gasteiger partial charge >= 0.3 is 0 Å². The number of nitrogens with one attached hydrogen (secondary N) is 1. The summed E-state index contributed by atoms with van der Waals surface area (Å²) >= 11 is 9.12. The molecule has 1 amide bonds. The van der Waals surface area contributed by atoms with Crippen LogP contribution in [-0.4, -0.2) is 17.8 Å². The summed E-state index contributed by atoms with van der Waals surface area (Å²) in [5.41, 5.74) is 0.943. The molecule has 0 fully saturated rings. The summed E-state index contributed by atoms with van der Waals surface area (Å²) in [5.74, 6) is 0.0400. The molecule has 0 aromatic heterocycles. The molecule has 0 radical (unpaired) electrons. The van der Waals surface area contributed by atoms with Crippen LogP contribution in [0.1, 0.15) is 12.0 Å². The van der Waals surface area contributed by atoms with Crippen molar-refractivity contribution < 1.29 is 4.79 Å². The third kappa shape index (κ3) is 5.19. The zero-order chi connectivity index (χ0) is 11.1. The van der Waals surface area contributed by atoms with Gasteiger partial charge < -0.3 is 5.32 Å². The van der Waals surface area contributed by atoms with Crippen molar-refractivity contribution in [2.45, 2.75) is 12.8 Å². The number of hydrogen-bond donors (Lipinski definition) is 1. The Morgan fingerprint density at radius 3 is 2.93 bits per heavy atom. The number of alkyl halides is 1. The van der Waals surface area contributed by atoms with Gasteiger partial charge in [-0.05, 0) is 24.1 Å². The number of carbonyl (C=O) groups is 1. The first kappa shape index (κ1) is 12.5. The third-order valence-corrected chi connectivity index (χ3v) is 2.68. The van der Waals surface area contributed by atoms with Crippen LogP contribution >= 0.6 is 27.5 Å². The largest absolute Gasteiger partial charge is 0.356 e. The zero-order valence-electron chi connectivity index (χ0n) is 8.30. The summed E-state index contributed by atoms with van der Waals surface area (Å²) in [4.78, 5) is 11.4. The summed E-state index contributed by atoms with van der Waals surface area (Å²) in [5, 5.41) is 4.41. The van der Waals surface area contributed by atoms with E-state index in [2.05, 4.69) is 21.2 Å². The van der Waals surface area contributed by atoms with E-state index in [0.29, 0.717) is 18.0 Å². The standard InChI is InChI=1S/C11H13BrClNO/c12-5-2-6-14-11(15)8-9-3-1-4-10(13)7-9/h1,3-4,7H,2,5-6,8H2,(H,14,15). The highest BCUT2D eigenvalue weighted by Crippen LogP contribution is 2.10. The topological polar surface area (TPSA) is 29.1 Å². The fourth-order valence-corrected chi connectivity index (χ4v) is 1.68. The van der Waals surface area contributed by atoms with Crippen molar-refractivity contribution in [3.05, 3.63) is 34.9 Å². The number of hydrogen-bond acceptors (Lipinski definition) is 1. The Hall–Kier alpha value is -0.540. The van der Waals surface area contributed by atoms with Gasteiger partial charge in [0, 0.05) is 16.9 Å². The highest BCUT2D eigenvalue weighted by atomic mass is 79.9. The first-order valence-corrected chi connectivity index (χ1v) is 6.29. The van der Waals surface area contributed by atoms with Gasteiger partial charge in [-0.25, -0.2) is 0 Å². The van der Waals surface area contributed by atoms with Crippen molar-refractivity contribution in [1.29, 1.82) is 0 Å².